The molecule has 1 amide bonds. The number of benzene rings is 2. The van der Waals surface area contributed by atoms with E-state index in [1.165, 1.54) is 6.42 Å². The number of carbonyl (C=O) groups is 1. The van der Waals surface area contributed by atoms with Gasteiger partial charge < -0.3 is 4.90 Å². The summed E-state index contributed by atoms with van der Waals surface area (Å²) in [6.45, 7) is 1.71. The zero-order valence-corrected chi connectivity index (χ0v) is 15.4. The Morgan fingerprint density at radius 1 is 1.16 bits per heavy atom. The van der Waals surface area contributed by atoms with E-state index in [0.29, 0.717) is 16.3 Å². The third-order valence-corrected chi connectivity index (χ3v) is 5.65. The van der Waals surface area contributed by atoms with Crippen LogP contribution >= 0.6 is 23.4 Å². The van der Waals surface area contributed by atoms with Gasteiger partial charge in [0.15, 0.2) is 0 Å². The molecule has 128 valence electrons. The Bertz CT molecular complexity index is 810. The van der Waals surface area contributed by atoms with Crippen LogP contribution in [-0.4, -0.2) is 23.9 Å². The molecule has 0 spiro atoms. The quantitative estimate of drug-likeness (QED) is 0.700. The molecule has 0 bridgehead atoms. The van der Waals surface area contributed by atoms with Crippen LogP contribution in [0.25, 0.3) is 0 Å². The van der Waals surface area contributed by atoms with Crippen molar-refractivity contribution < 1.29 is 4.79 Å². The predicted octanol–water partition coefficient (Wildman–Crippen LogP) is 5.13. The minimum atomic E-state index is 0.121. The maximum atomic E-state index is 12.6. The van der Waals surface area contributed by atoms with Crippen molar-refractivity contribution in [2.45, 2.75) is 29.9 Å². The molecule has 0 unspecified atom stereocenters. The molecule has 25 heavy (non-hydrogen) atoms. The molecule has 1 fully saturated rings. The summed E-state index contributed by atoms with van der Waals surface area (Å²) >= 11 is 7.52. The average Bonchev–Trinajstić information content (AvgIpc) is 2.67. The fourth-order valence-electron chi connectivity index (χ4n) is 2.95. The molecule has 5 heteroatoms. The minimum Gasteiger partial charge on any atom is -0.339 e. The van der Waals surface area contributed by atoms with E-state index in [1.54, 1.807) is 23.9 Å². The van der Waals surface area contributed by atoms with Crippen LogP contribution in [0.2, 0.25) is 5.02 Å². The Hall–Kier alpha value is -1.96. The second kappa shape index (κ2) is 8.42. The van der Waals surface area contributed by atoms with Crippen LogP contribution in [0, 0.1) is 11.3 Å². The molecule has 0 atom stereocenters. The number of nitriles is 1. The zero-order valence-electron chi connectivity index (χ0n) is 13.9. The zero-order chi connectivity index (χ0) is 17.6. The molecule has 1 aliphatic rings. The predicted molar refractivity (Wildman–Crippen MR) is 102 cm³/mol. The smallest absolute Gasteiger partial charge is 0.253 e. The number of nitrogens with zero attached hydrogens (tertiary/aromatic N) is 2. The number of piperidine rings is 1. The second-order valence-electron chi connectivity index (χ2n) is 6.09. The number of rotatable bonds is 4. The van der Waals surface area contributed by atoms with Crippen molar-refractivity contribution >= 4 is 29.3 Å². The lowest BCUT2D eigenvalue weighted by Crippen LogP contribution is -2.35. The molecule has 2 aromatic carbocycles. The molecular formula is C20H19ClN2OS. The van der Waals surface area contributed by atoms with Gasteiger partial charge in [0.1, 0.15) is 6.07 Å². The van der Waals surface area contributed by atoms with Gasteiger partial charge in [0.2, 0.25) is 0 Å². The Kier molecular flexibility index (Phi) is 6.01. The van der Waals surface area contributed by atoms with E-state index in [9.17, 15) is 10.1 Å². The monoisotopic (exact) mass is 370 g/mol. The maximum absolute atomic E-state index is 12.6. The van der Waals surface area contributed by atoms with Gasteiger partial charge in [-0.3, -0.25) is 4.79 Å². The van der Waals surface area contributed by atoms with Gasteiger partial charge in [-0.2, -0.15) is 5.26 Å². The van der Waals surface area contributed by atoms with Gasteiger partial charge in [-0.1, -0.05) is 23.7 Å². The summed E-state index contributed by atoms with van der Waals surface area (Å²) in [5.74, 6) is 0.827. The van der Waals surface area contributed by atoms with Gasteiger partial charge in [0, 0.05) is 34.3 Å². The maximum Gasteiger partial charge on any atom is 0.253 e. The minimum absolute atomic E-state index is 0.121. The van der Waals surface area contributed by atoms with Crippen LogP contribution < -0.4 is 0 Å². The first-order valence-electron chi connectivity index (χ1n) is 8.38. The van der Waals surface area contributed by atoms with Gasteiger partial charge >= 0.3 is 0 Å². The number of likely N-dealkylation sites (tertiary alicyclic amines) is 1. The number of hydrogen-bond donors (Lipinski definition) is 0. The molecule has 0 aromatic heterocycles. The number of halogens is 1. The highest BCUT2D eigenvalue weighted by Crippen LogP contribution is 2.28. The van der Waals surface area contributed by atoms with Crippen LogP contribution in [0.5, 0.6) is 0 Å². The molecular weight excluding hydrogens is 352 g/mol. The summed E-state index contributed by atoms with van der Waals surface area (Å²) in [7, 11) is 0. The summed E-state index contributed by atoms with van der Waals surface area (Å²) in [6, 6.07) is 15.3. The molecule has 2 aromatic rings. The highest BCUT2D eigenvalue weighted by atomic mass is 35.5. The van der Waals surface area contributed by atoms with Crippen molar-refractivity contribution in [2.75, 3.05) is 13.1 Å². The van der Waals surface area contributed by atoms with E-state index in [4.69, 9.17) is 11.6 Å². The van der Waals surface area contributed by atoms with Gasteiger partial charge in [-0.25, -0.2) is 0 Å². The first-order chi connectivity index (χ1) is 12.2. The number of carbonyl (C=O) groups excluding carboxylic acids is 1. The van der Waals surface area contributed by atoms with Crippen molar-refractivity contribution in [2.24, 2.45) is 0 Å². The Morgan fingerprint density at radius 3 is 2.72 bits per heavy atom. The molecule has 3 nitrogen and oxygen atoms in total. The molecule has 0 aliphatic carbocycles. The lowest BCUT2D eigenvalue weighted by molar-refractivity contribution is 0.0724. The van der Waals surface area contributed by atoms with Crippen molar-refractivity contribution in [3.05, 3.63) is 64.2 Å². The van der Waals surface area contributed by atoms with Crippen LogP contribution in [0.3, 0.4) is 0 Å². The summed E-state index contributed by atoms with van der Waals surface area (Å²) in [5, 5.41) is 9.79. The fourth-order valence-corrected chi connectivity index (χ4v) is 4.05. The SMILES string of the molecule is N#Cc1cc(Cl)ccc1SCc1cccc(C(=O)N2CCCCC2)c1. The average molecular weight is 371 g/mol. The summed E-state index contributed by atoms with van der Waals surface area (Å²) < 4.78 is 0. The van der Waals surface area contributed by atoms with Gasteiger partial charge in [-0.15, -0.1) is 11.8 Å². The lowest BCUT2D eigenvalue weighted by atomic mass is 10.1. The van der Waals surface area contributed by atoms with E-state index in [-0.39, 0.29) is 5.91 Å². The van der Waals surface area contributed by atoms with Gasteiger partial charge in [-0.05, 0) is 55.2 Å². The lowest BCUT2D eigenvalue weighted by Gasteiger charge is -2.26. The first kappa shape index (κ1) is 17.8. The summed E-state index contributed by atoms with van der Waals surface area (Å²) in [4.78, 5) is 15.5. The third kappa shape index (κ3) is 4.56. The molecule has 3 rings (SSSR count). The van der Waals surface area contributed by atoms with Crippen molar-refractivity contribution in [3.8, 4) is 6.07 Å². The highest BCUT2D eigenvalue weighted by molar-refractivity contribution is 7.98. The Labute approximate surface area is 157 Å². The van der Waals surface area contributed by atoms with Crippen LogP contribution in [0.15, 0.2) is 47.4 Å². The van der Waals surface area contributed by atoms with Crippen LogP contribution in [0.4, 0.5) is 0 Å². The first-order valence-corrected chi connectivity index (χ1v) is 9.74. The summed E-state index contributed by atoms with van der Waals surface area (Å²) in [6.07, 6.45) is 3.40. The molecule has 1 aliphatic heterocycles. The second-order valence-corrected chi connectivity index (χ2v) is 7.55. The normalized spacial score (nSPS) is 14.2. The third-order valence-electron chi connectivity index (χ3n) is 4.27. The standard InChI is InChI=1S/C20H19ClN2OS/c21-18-7-8-19(17(12-18)13-22)25-14-15-5-4-6-16(11-15)20(24)23-9-2-1-3-10-23/h4-8,11-12H,1-3,9-10,14H2. The number of thioether (sulfide) groups is 1. The largest absolute Gasteiger partial charge is 0.339 e. The Morgan fingerprint density at radius 2 is 1.96 bits per heavy atom. The molecule has 0 N–H and O–H groups in total. The number of amides is 1. The van der Waals surface area contributed by atoms with Gasteiger partial charge in [0.25, 0.3) is 5.91 Å². The molecule has 1 saturated heterocycles. The highest BCUT2D eigenvalue weighted by Gasteiger charge is 2.18. The van der Waals surface area contributed by atoms with Crippen molar-refractivity contribution in [3.63, 3.8) is 0 Å². The van der Waals surface area contributed by atoms with E-state index >= 15 is 0 Å². The van der Waals surface area contributed by atoms with Crippen molar-refractivity contribution in [1.82, 2.24) is 4.90 Å². The van der Waals surface area contributed by atoms with E-state index < -0.39 is 0 Å². The van der Waals surface area contributed by atoms with E-state index in [0.717, 1.165) is 42.0 Å². The molecule has 0 saturated carbocycles. The molecule has 1 heterocycles. The van der Waals surface area contributed by atoms with Crippen molar-refractivity contribution in [1.29, 1.82) is 5.26 Å². The van der Waals surface area contributed by atoms with Gasteiger partial charge in [0.05, 0.1) is 5.56 Å². The Balaban J connectivity index is 1.70. The molecule has 0 radical (unpaired) electrons. The number of hydrogen-bond acceptors (Lipinski definition) is 3. The van der Waals surface area contributed by atoms with Crippen LogP contribution in [-0.2, 0) is 5.75 Å². The van der Waals surface area contributed by atoms with E-state index in [2.05, 4.69) is 6.07 Å². The fraction of sp³-hybridized carbons (Fsp3) is 0.300. The topological polar surface area (TPSA) is 44.1 Å². The summed E-state index contributed by atoms with van der Waals surface area (Å²) in [5.41, 5.74) is 2.40. The van der Waals surface area contributed by atoms with Crippen LogP contribution in [0.1, 0.15) is 40.7 Å². The van der Waals surface area contributed by atoms with E-state index in [1.807, 2.05) is 35.2 Å².